The lowest BCUT2D eigenvalue weighted by Gasteiger charge is -2.12. The van der Waals surface area contributed by atoms with Gasteiger partial charge in [0.05, 0.1) is 9.38 Å². The number of halogens is 1. The summed E-state index contributed by atoms with van der Waals surface area (Å²) in [4.78, 5) is 19.3. The number of carbonyl (C=O) groups is 1. The van der Waals surface area contributed by atoms with Crippen LogP contribution in [0, 0.1) is 11.3 Å². The van der Waals surface area contributed by atoms with Crippen LogP contribution in [0.3, 0.4) is 0 Å². The fourth-order valence-corrected chi connectivity index (χ4v) is 4.26. The largest absolute Gasteiger partial charge is 0.477 e. The number of carbonyl (C=O) groups excluding carboxylic acids is 1. The molecule has 0 radical (unpaired) electrons. The van der Waals surface area contributed by atoms with Crippen molar-refractivity contribution < 1.29 is 9.53 Å². The zero-order chi connectivity index (χ0) is 19.1. The van der Waals surface area contributed by atoms with Crippen LogP contribution < -0.4 is 4.74 Å². The first-order valence-electron chi connectivity index (χ1n) is 8.24. The van der Waals surface area contributed by atoms with E-state index in [2.05, 4.69) is 27.5 Å². The van der Waals surface area contributed by atoms with Crippen LogP contribution in [-0.4, -0.2) is 35.7 Å². The van der Waals surface area contributed by atoms with Crippen molar-refractivity contribution in [3.8, 4) is 11.8 Å². The Labute approximate surface area is 166 Å². The van der Waals surface area contributed by atoms with Crippen molar-refractivity contribution in [2.24, 2.45) is 4.99 Å². The SMILES string of the molecule is C=CCc1cc(/C=C2\SC(=NCC)N(CC)C2=O)cc(Br)c1OCC#N. The first-order valence-corrected chi connectivity index (χ1v) is 9.85. The number of ether oxygens (including phenoxy) is 1. The molecule has 0 unspecified atom stereocenters. The van der Waals surface area contributed by atoms with Crippen LogP contribution in [0.4, 0.5) is 0 Å². The molecule has 136 valence electrons. The van der Waals surface area contributed by atoms with Gasteiger partial charge in [-0.15, -0.1) is 6.58 Å². The highest BCUT2D eigenvalue weighted by Crippen LogP contribution is 2.36. The van der Waals surface area contributed by atoms with E-state index < -0.39 is 0 Å². The molecule has 1 aliphatic heterocycles. The first kappa shape index (κ1) is 20.3. The Balaban J connectivity index is 2.41. The molecule has 0 N–H and O–H groups in total. The predicted octanol–water partition coefficient (Wildman–Crippen LogP) is 4.39. The highest BCUT2D eigenvalue weighted by Gasteiger charge is 2.31. The molecule has 1 amide bonds. The van der Waals surface area contributed by atoms with E-state index in [0.717, 1.165) is 20.8 Å². The third kappa shape index (κ3) is 4.57. The number of amidine groups is 1. The van der Waals surface area contributed by atoms with Gasteiger partial charge in [-0.25, -0.2) is 0 Å². The monoisotopic (exact) mass is 433 g/mol. The molecule has 7 heteroatoms. The van der Waals surface area contributed by atoms with E-state index in [1.54, 1.807) is 11.0 Å². The summed E-state index contributed by atoms with van der Waals surface area (Å²) in [6, 6.07) is 5.80. The average molecular weight is 434 g/mol. The number of hydrogen-bond donors (Lipinski definition) is 0. The molecule has 0 spiro atoms. The minimum absolute atomic E-state index is 0.0280. The van der Waals surface area contributed by atoms with E-state index in [1.165, 1.54) is 11.8 Å². The maximum atomic E-state index is 12.6. The molecular weight excluding hydrogens is 414 g/mol. The van der Waals surface area contributed by atoms with E-state index in [1.807, 2.05) is 38.1 Å². The lowest BCUT2D eigenvalue weighted by atomic mass is 10.1. The molecule has 0 aromatic heterocycles. The van der Waals surface area contributed by atoms with Gasteiger partial charge in [-0.2, -0.15) is 5.26 Å². The lowest BCUT2D eigenvalue weighted by Crippen LogP contribution is -2.28. The third-order valence-corrected chi connectivity index (χ3v) is 5.22. The van der Waals surface area contributed by atoms with Gasteiger partial charge in [-0.3, -0.25) is 14.7 Å². The molecule has 0 saturated carbocycles. The Morgan fingerprint density at radius 3 is 2.85 bits per heavy atom. The molecule has 5 nitrogen and oxygen atoms in total. The Morgan fingerprint density at radius 2 is 2.23 bits per heavy atom. The van der Waals surface area contributed by atoms with E-state index >= 15 is 0 Å². The van der Waals surface area contributed by atoms with Crippen molar-refractivity contribution in [3.63, 3.8) is 0 Å². The van der Waals surface area contributed by atoms with Gasteiger partial charge in [-0.1, -0.05) is 6.08 Å². The van der Waals surface area contributed by atoms with Crippen LogP contribution in [0.15, 0.2) is 39.2 Å². The van der Waals surface area contributed by atoms with Crippen LogP contribution in [0.2, 0.25) is 0 Å². The van der Waals surface area contributed by atoms with Gasteiger partial charge < -0.3 is 4.74 Å². The second kappa shape index (κ2) is 9.60. The summed E-state index contributed by atoms with van der Waals surface area (Å²) in [6.45, 7) is 8.86. The molecule has 1 saturated heterocycles. The molecule has 1 aliphatic rings. The summed E-state index contributed by atoms with van der Waals surface area (Å²) >= 11 is 4.89. The molecular formula is C19H20BrN3O2S. The number of benzene rings is 1. The van der Waals surface area contributed by atoms with Crippen molar-refractivity contribution in [1.82, 2.24) is 4.90 Å². The summed E-state index contributed by atoms with van der Waals surface area (Å²) in [5.41, 5.74) is 1.78. The summed E-state index contributed by atoms with van der Waals surface area (Å²) in [7, 11) is 0. The lowest BCUT2D eigenvalue weighted by molar-refractivity contribution is -0.122. The minimum atomic E-state index is -0.0316. The molecule has 1 heterocycles. The third-order valence-electron chi connectivity index (χ3n) is 3.58. The highest BCUT2D eigenvalue weighted by atomic mass is 79.9. The van der Waals surface area contributed by atoms with E-state index in [9.17, 15) is 4.79 Å². The average Bonchev–Trinajstić information content (AvgIpc) is 2.89. The van der Waals surface area contributed by atoms with E-state index in [4.69, 9.17) is 10.00 Å². The Bertz CT molecular complexity index is 812. The van der Waals surface area contributed by atoms with Crippen molar-refractivity contribution in [3.05, 3.63) is 45.3 Å². The second-order valence-electron chi connectivity index (χ2n) is 5.35. The summed E-state index contributed by atoms with van der Waals surface area (Å²) in [5.74, 6) is 0.596. The van der Waals surface area contributed by atoms with Gasteiger partial charge in [0.25, 0.3) is 5.91 Å². The molecule has 2 rings (SSSR count). The Morgan fingerprint density at radius 1 is 1.46 bits per heavy atom. The van der Waals surface area contributed by atoms with Crippen LogP contribution >= 0.6 is 27.7 Å². The van der Waals surface area contributed by atoms with Crippen LogP contribution in [0.25, 0.3) is 6.08 Å². The maximum absolute atomic E-state index is 12.6. The second-order valence-corrected chi connectivity index (χ2v) is 7.21. The number of nitrogens with zero attached hydrogens (tertiary/aromatic N) is 3. The van der Waals surface area contributed by atoms with Gasteiger partial charge in [0, 0.05) is 13.1 Å². The van der Waals surface area contributed by atoms with Gasteiger partial charge in [0.15, 0.2) is 11.8 Å². The number of rotatable bonds is 7. The van der Waals surface area contributed by atoms with Crippen LogP contribution in [0.5, 0.6) is 5.75 Å². The minimum Gasteiger partial charge on any atom is -0.477 e. The summed E-state index contributed by atoms with van der Waals surface area (Å²) in [5, 5.41) is 9.49. The summed E-state index contributed by atoms with van der Waals surface area (Å²) in [6.07, 6.45) is 4.23. The zero-order valence-corrected chi connectivity index (χ0v) is 17.2. The van der Waals surface area contributed by atoms with Gasteiger partial charge in [0.2, 0.25) is 0 Å². The topological polar surface area (TPSA) is 65.7 Å². The number of hydrogen-bond acceptors (Lipinski definition) is 5. The Kier molecular flexibility index (Phi) is 7.49. The molecule has 1 aromatic carbocycles. The molecule has 1 aromatic rings. The van der Waals surface area contributed by atoms with E-state index in [0.29, 0.717) is 30.2 Å². The van der Waals surface area contributed by atoms with Crippen LogP contribution in [0.1, 0.15) is 25.0 Å². The predicted molar refractivity (Wildman–Crippen MR) is 110 cm³/mol. The van der Waals surface area contributed by atoms with Crippen LogP contribution in [-0.2, 0) is 11.2 Å². The van der Waals surface area contributed by atoms with Gasteiger partial charge in [-0.05, 0) is 77.3 Å². The quantitative estimate of drug-likeness (QED) is 0.472. The number of likely N-dealkylation sites (N-methyl/N-ethyl adjacent to an activating group) is 1. The standard InChI is InChI=1S/C19H20BrN3O2S/c1-4-7-14-10-13(11-15(20)17(14)25-9-8-21)12-16-18(24)23(6-3)19(26-16)22-5-2/h4,10-12H,1,5-7,9H2,2-3H3/b16-12-,22-19?. The van der Waals surface area contributed by atoms with Gasteiger partial charge in [0.1, 0.15) is 11.8 Å². The smallest absolute Gasteiger partial charge is 0.266 e. The van der Waals surface area contributed by atoms with Gasteiger partial charge >= 0.3 is 0 Å². The van der Waals surface area contributed by atoms with Crippen molar-refractivity contribution in [2.45, 2.75) is 20.3 Å². The molecule has 1 fully saturated rings. The normalized spacial score (nSPS) is 17.0. The Hall–Kier alpha value is -2.04. The maximum Gasteiger partial charge on any atom is 0.266 e. The van der Waals surface area contributed by atoms with Crippen molar-refractivity contribution in [1.29, 1.82) is 5.26 Å². The first-order chi connectivity index (χ1) is 12.5. The fourth-order valence-electron chi connectivity index (χ4n) is 2.52. The number of amides is 1. The fraction of sp³-hybridized carbons (Fsp3) is 0.316. The number of thioether (sulfide) groups is 1. The molecule has 0 bridgehead atoms. The molecule has 0 atom stereocenters. The zero-order valence-electron chi connectivity index (χ0n) is 14.8. The summed E-state index contributed by atoms with van der Waals surface area (Å²) < 4.78 is 6.26. The van der Waals surface area contributed by atoms with E-state index in [-0.39, 0.29) is 12.5 Å². The molecule has 0 aliphatic carbocycles. The molecule has 26 heavy (non-hydrogen) atoms. The van der Waals surface area contributed by atoms with Crippen molar-refractivity contribution >= 4 is 44.8 Å². The number of aliphatic imine (C=N–C) groups is 1. The highest BCUT2D eigenvalue weighted by molar-refractivity contribution is 9.10. The number of allylic oxidation sites excluding steroid dienone is 1. The number of nitriles is 1. The van der Waals surface area contributed by atoms with Crippen molar-refractivity contribution in [2.75, 3.05) is 19.7 Å².